The van der Waals surface area contributed by atoms with Crippen LogP contribution in [0.15, 0.2) is 4.99 Å². The number of halogens is 1. The minimum atomic E-state index is -0.503. The van der Waals surface area contributed by atoms with Crippen molar-refractivity contribution < 1.29 is 14.3 Å². The van der Waals surface area contributed by atoms with Crippen LogP contribution in [-0.4, -0.2) is 81.1 Å². The summed E-state index contributed by atoms with van der Waals surface area (Å²) in [5, 5.41) is 9.77. The summed E-state index contributed by atoms with van der Waals surface area (Å²) in [5.74, 6) is 0.789. The van der Waals surface area contributed by atoms with Gasteiger partial charge in [0.1, 0.15) is 5.60 Å². The Bertz CT molecular complexity index is 532. The van der Waals surface area contributed by atoms with Gasteiger partial charge in [0.2, 0.25) is 0 Å². The molecule has 9 heteroatoms. The Morgan fingerprint density at radius 3 is 2.35 bits per heavy atom. The third kappa shape index (κ3) is 12.1. The number of alkyl carbamates (subject to hydrolysis) is 1. The highest BCUT2D eigenvalue weighted by molar-refractivity contribution is 14.0. The number of likely N-dealkylation sites (N-methyl/N-ethyl adjacent to an activating group) is 1. The van der Waals surface area contributed by atoms with Gasteiger partial charge in [-0.2, -0.15) is 0 Å². The first-order chi connectivity index (χ1) is 14.1. The van der Waals surface area contributed by atoms with Gasteiger partial charge in [0.25, 0.3) is 0 Å². The average molecular weight is 556 g/mol. The normalized spacial score (nSPS) is 17.5. The first kappa shape index (κ1) is 30.2. The molecular weight excluding hydrogens is 509 g/mol. The molecule has 8 nitrogen and oxygen atoms in total. The lowest BCUT2D eigenvalue weighted by molar-refractivity contribution is -0.00255. The lowest BCUT2D eigenvalue weighted by Crippen LogP contribution is -2.53. The summed E-state index contributed by atoms with van der Waals surface area (Å²) in [6.45, 7) is 13.4. The van der Waals surface area contributed by atoms with Crippen LogP contribution in [0.4, 0.5) is 4.79 Å². The van der Waals surface area contributed by atoms with Gasteiger partial charge in [-0.3, -0.25) is 4.99 Å². The molecule has 0 aromatic carbocycles. The molecule has 3 N–H and O–H groups in total. The molecule has 0 saturated carbocycles. The van der Waals surface area contributed by atoms with Crippen LogP contribution < -0.4 is 16.0 Å². The Hall–Kier alpha value is -0.810. The Morgan fingerprint density at radius 2 is 1.84 bits per heavy atom. The largest absolute Gasteiger partial charge is 0.444 e. The molecule has 0 bridgehead atoms. The molecule has 1 amide bonds. The molecule has 1 unspecified atom stereocenters. The number of guanidine groups is 1. The van der Waals surface area contributed by atoms with Gasteiger partial charge in [-0.25, -0.2) is 4.79 Å². The van der Waals surface area contributed by atoms with Crippen molar-refractivity contribution in [1.82, 2.24) is 20.9 Å². The number of hydrogen-bond acceptors (Lipinski definition) is 5. The number of hydrogen-bond donors (Lipinski definition) is 3. The third-order valence-corrected chi connectivity index (χ3v) is 5.39. The fourth-order valence-electron chi connectivity index (χ4n) is 3.43. The lowest BCUT2D eigenvalue weighted by atomic mass is 9.89. The van der Waals surface area contributed by atoms with Gasteiger partial charge in [-0.05, 0) is 61.1 Å². The predicted molar refractivity (Wildman–Crippen MR) is 139 cm³/mol. The van der Waals surface area contributed by atoms with Crippen LogP contribution >= 0.6 is 24.0 Å². The molecule has 0 aromatic rings. The van der Waals surface area contributed by atoms with Crippen LogP contribution in [0.1, 0.15) is 66.7 Å². The molecule has 0 aliphatic carbocycles. The first-order valence-electron chi connectivity index (χ1n) is 11.4. The highest BCUT2D eigenvalue weighted by Gasteiger charge is 2.34. The SMILES string of the molecule is CCCCC(CNC(=O)OC(C)(C)C)NC(=NCC1(N(C)C)CCOCC1)NCC.I. The molecular formula is C22H46IN5O3. The van der Waals surface area contributed by atoms with E-state index >= 15 is 0 Å². The minimum Gasteiger partial charge on any atom is -0.444 e. The van der Waals surface area contributed by atoms with Crippen molar-refractivity contribution in [3.63, 3.8) is 0 Å². The van der Waals surface area contributed by atoms with Crippen LogP contribution in [0.2, 0.25) is 0 Å². The number of aliphatic imine (C=N–C) groups is 1. The molecule has 1 saturated heterocycles. The zero-order valence-corrected chi connectivity index (χ0v) is 23.0. The molecule has 0 aromatic heterocycles. The second kappa shape index (κ2) is 15.1. The van der Waals surface area contributed by atoms with Crippen molar-refractivity contribution in [2.24, 2.45) is 4.99 Å². The van der Waals surface area contributed by atoms with E-state index in [9.17, 15) is 4.79 Å². The third-order valence-electron chi connectivity index (χ3n) is 5.39. The van der Waals surface area contributed by atoms with Gasteiger partial charge in [-0.1, -0.05) is 19.8 Å². The van der Waals surface area contributed by atoms with E-state index in [0.29, 0.717) is 13.1 Å². The predicted octanol–water partition coefficient (Wildman–Crippen LogP) is 3.35. The summed E-state index contributed by atoms with van der Waals surface area (Å²) >= 11 is 0. The number of ether oxygens (including phenoxy) is 2. The number of nitrogens with zero attached hydrogens (tertiary/aromatic N) is 2. The van der Waals surface area contributed by atoms with Crippen molar-refractivity contribution in [2.75, 3.05) is 46.9 Å². The average Bonchev–Trinajstić information content (AvgIpc) is 2.67. The number of rotatable bonds is 10. The maximum absolute atomic E-state index is 12.1. The summed E-state index contributed by atoms with van der Waals surface area (Å²) in [6.07, 6.45) is 4.68. The maximum atomic E-state index is 12.1. The van der Waals surface area contributed by atoms with E-state index in [1.165, 1.54) is 0 Å². The fourth-order valence-corrected chi connectivity index (χ4v) is 3.43. The summed E-state index contributed by atoms with van der Waals surface area (Å²) in [7, 11) is 4.24. The summed E-state index contributed by atoms with van der Waals surface area (Å²) in [6, 6.07) is 0.0836. The Morgan fingerprint density at radius 1 is 1.19 bits per heavy atom. The minimum absolute atomic E-state index is 0. The monoisotopic (exact) mass is 555 g/mol. The molecule has 0 radical (unpaired) electrons. The number of carbonyl (C=O) groups excluding carboxylic acids is 1. The summed E-state index contributed by atoms with van der Waals surface area (Å²) in [5.41, 5.74) is -0.481. The molecule has 1 fully saturated rings. The zero-order chi connectivity index (χ0) is 22.6. The molecule has 0 spiro atoms. The highest BCUT2D eigenvalue weighted by atomic mass is 127. The molecule has 184 valence electrons. The van der Waals surface area contributed by atoms with Gasteiger partial charge in [0.15, 0.2) is 5.96 Å². The number of amides is 1. The van der Waals surface area contributed by atoms with Crippen molar-refractivity contribution >= 4 is 36.0 Å². The maximum Gasteiger partial charge on any atom is 0.407 e. The van der Waals surface area contributed by atoms with E-state index < -0.39 is 5.60 Å². The Balaban J connectivity index is 0.00000900. The Labute approximate surface area is 206 Å². The standard InChI is InChI=1S/C22H45N5O3.HI/c1-8-10-11-18(16-24-20(28)30-21(3,4)5)26-19(23-9-2)25-17-22(27(6)7)12-14-29-15-13-22;/h18H,8-17H2,1-7H3,(H,24,28)(H2,23,25,26);1H. The molecule has 1 rings (SSSR count). The van der Waals surface area contributed by atoms with Crippen LogP contribution in [0, 0.1) is 0 Å². The number of nitrogens with one attached hydrogen (secondary N) is 3. The fraction of sp³-hybridized carbons (Fsp3) is 0.909. The molecule has 1 heterocycles. The molecule has 1 aliphatic rings. The topological polar surface area (TPSA) is 87.2 Å². The molecule has 1 atom stereocenters. The van der Waals surface area contributed by atoms with Crippen molar-refractivity contribution in [3.05, 3.63) is 0 Å². The van der Waals surface area contributed by atoms with Crippen molar-refractivity contribution in [3.8, 4) is 0 Å². The second-order valence-electron chi connectivity index (χ2n) is 9.29. The van der Waals surface area contributed by atoms with Gasteiger partial charge in [0.05, 0.1) is 6.54 Å². The Kier molecular flexibility index (Phi) is 14.7. The van der Waals surface area contributed by atoms with E-state index in [1.54, 1.807) is 0 Å². The van der Waals surface area contributed by atoms with E-state index in [1.807, 2.05) is 20.8 Å². The summed E-state index contributed by atoms with van der Waals surface area (Å²) in [4.78, 5) is 19.3. The van der Waals surface area contributed by atoms with E-state index in [0.717, 1.165) is 57.8 Å². The van der Waals surface area contributed by atoms with Crippen molar-refractivity contribution in [2.45, 2.75) is 83.9 Å². The zero-order valence-electron chi connectivity index (χ0n) is 20.7. The molecule has 1 aliphatic heterocycles. The first-order valence-corrected chi connectivity index (χ1v) is 11.4. The van der Waals surface area contributed by atoms with Crippen LogP contribution in [-0.2, 0) is 9.47 Å². The van der Waals surface area contributed by atoms with E-state index in [2.05, 4.69) is 48.8 Å². The van der Waals surface area contributed by atoms with Gasteiger partial charge < -0.3 is 30.3 Å². The summed E-state index contributed by atoms with van der Waals surface area (Å²) < 4.78 is 10.9. The van der Waals surface area contributed by atoms with Crippen LogP contribution in [0.25, 0.3) is 0 Å². The quantitative estimate of drug-likeness (QED) is 0.218. The second-order valence-corrected chi connectivity index (χ2v) is 9.29. The smallest absolute Gasteiger partial charge is 0.407 e. The van der Waals surface area contributed by atoms with Gasteiger partial charge in [-0.15, -0.1) is 24.0 Å². The number of carbonyl (C=O) groups is 1. The number of unbranched alkanes of at least 4 members (excludes halogenated alkanes) is 1. The van der Waals surface area contributed by atoms with Crippen LogP contribution in [0.5, 0.6) is 0 Å². The van der Waals surface area contributed by atoms with E-state index in [4.69, 9.17) is 14.5 Å². The highest BCUT2D eigenvalue weighted by Crippen LogP contribution is 2.26. The van der Waals surface area contributed by atoms with Gasteiger partial charge >= 0.3 is 6.09 Å². The lowest BCUT2D eigenvalue weighted by Gasteiger charge is -2.41. The molecule has 31 heavy (non-hydrogen) atoms. The van der Waals surface area contributed by atoms with Gasteiger partial charge in [0, 0.05) is 37.9 Å². The van der Waals surface area contributed by atoms with E-state index in [-0.39, 0.29) is 41.7 Å². The van der Waals surface area contributed by atoms with Crippen molar-refractivity contribution in [1.29, 1.82) is 0 Å². The van der Waals surface area contributed by atoms with Crippen LogP contribution in [0.3, 0.4) is 0 Å².